The Kier molecular flexibility index (Phi) is 3.38. The Morgan fingerprint density at radius 3 is 2.57 bits per heavy atom. The molecule has 0 fully saturated rings. The molecular formula is C8H5Cl2NO2S. The summed E-state index contributed by atoms with van der Waals surface area (Å²) in [6.07, 6.45) is -0.0824. The third-order valence-corrected chi connectivity index (χ3v) is 3.36. The molecule has 0 aliphatic heterocycles. The summed E-state index contributed by atoms with van der Waals surface area (Å²) in [5.41, 5.74) is 0.242. The number of hydrogen-bond acceptors (Lipinski definition) is 3. The van der Waals surface area contributed by atoms with Crippen LogP contribution in [0.2, 0.25) is 5.02 Å². The average molecular weight is 250 g/mol. The molecule has 0 unspecified atom stereocenters. The number of nitrogens with zero attached hydrogens (tertiary/aromatic N) is 1. The van der Waals surface area contributed by atoms with Crippen LogP contribution in [-0.4, -0.2) is 8.42 Å². The van der Waals surface area contributed by atoms with E-state index in [2.05, 4.69) is 0 Å². The summed E-state index contributed by atoms with van der Waals surface area (Å²) >= 11 is 5.74. The highest BCUT2D eigenvalue weighted by Gasteiger charge is 2.17. The molecule has 0 saturated heterocycles. The van der Waals surface area contributed by atoms with Gasteiger partial charge in [-0.05, 0) is 12.1 Å². The first kappa shape index (κ1) is 11.3. The zero-order valence-corrected chi connectivity index (χ0v) is 9.20. The molecular weight excluding hydrogens is 245 g/mol. The van der Waals surface area contributed by atoms with Crippen LogP contribution >= 0.6 is 22.3 Å². The van der Waals surface area contributed by atoms with Crippen LogP contribution in [0.4, 0.5) is 0 Å². The van der Waals surface area contributed by atoms with Crippen molar-refractivity contribution >= 4 is 31.3 Å². The Labute approximate surface area is 91.3 Å². The minimum absolute atomic E-state index is 0.0824. The predicted octanol–water partition coefficient (Wildman–Crippen LogP) is 2.33. The van der Waals surface area contributed by atoms with Crippen LogP contribution in [0.15, 0.2) is 23.1 Å². The number of hydrogen-bond donors (Lipinski definition) is 0. The van der Waals surface area contributed by atoms with Gasteiger partial charge in [-0.2, -0.15) is 5.26 Å². The van der Waals surface area contributed by atoms with Crippen LogP contribution in [0.25, 0.3) is 0 Å². The van der Waals surface area contributed by atoms with Crippen LogP contribution in [0, 0.1) is 11.3 Å². The highest BCUT2D eigenvalue weighted by Crippen LogP contribution is 2.26. The second kappa shape index (κ2) is 4.18. The molecule has 0 aromatic heterocycles. The zero-order chi connectivity index (χ0) is 10.8. The van der Waals surface area contributed by atoms with Gasteiger partial charge in [0.2, 0.25) is 0 Å². The van der Waals surface area contributed by atoms with Crippen LogP contribution in [0.1, 0.15) is 5.56 Å². The smallest absolute Gasteiger partial charge is 0.207 e. The molecule has 0 atom stereocenters. The van der Waals surface area contributed by atoms with E-state index in [1.807, 2.05) is 6.07 Å². The molecule has 6 heteroatoms. The topological polar surface area (TPSA) is 57.9 Å². The van der Waals surface area contributed by atoms with Gasteiger partial charge >= 0.3 is 0 Å². The Morgan fingerprint density at radius 1 is 1.43 bits per heavy atom. The maximum absolute atomic E-state index is 11.1. The molecule has 0 aliphatic rings. The monoisotopic (exact) mass is 249 g/mol. The predicted molar refractivity (Wildman–Crippen MR) is 53.8 cm³/mol. The van der Waals surface area contributed by atoms with E-state index in [1.54, 1.807) is 0 Å². The molecule has 0 amide bonds. The Morgan fingerprint density at radius 2 is 2.07 bits per heavy atom. The molecule has 1 aromatic carbocycles. The molecule has 3 nitrogen and oxygen atoms in total. The minimum atomic E-state index is -3.84. The molecule has 1 aromatic rings. The highest BCUT2D eigenvalue weighted by molar-refractivity contribution is 8.13. The number of rotatable bonds is 2. The number of nitriles is 1. The summed E-state index contributed by atoms with van der Waals surface area (Å²) in [5.74, 6) is 0. The molecule has 74 valence electrons. The fraction of sp³-hybridized carbons (Fsp3) is 0.125. The van der Waals surface area contributed by atoms with Gasteiger partial charge in [0, 0.05) is 21.3 Å². The quantitative estimate of drug-likeness (QED) is 0.757. The van der Waals surface area contributed by atoms with Crippen molar-refractivity contribution in [3.8, 4) is 6.07 Å². The minimum Gasteiger partial charge on any atom is -0.207 e. The summed E-state index contributed by atoms with van der Waals surface area (Å²) < 4.78 is 22.2. The first-order valence-corrected chi connectivity index (χ1v) is 6.24. The Balaban J connectivity index is 3.45. The molecule has 0 heterocycles. The first-order chi connectivity index (χ1) is 6.46. The third-order valence-electron chi connectivity index (χ3n) is 1.59. The van der Waals surface area contributed by atoms with Gasteiger partial charge in [0.25, 0.3) is 9.05 Å². The van der Waals surface area contributed by atoms with Crippen molar-refractivity contribution in [2.75, 3.05) is 0 Å². The summed E-state index contributed by atoms with van der Waals surface area (Å²) in [6.45, 7) is 0. The van der Waals surface area contributed by atoms with Gasteiger partial charge < -0.3 is 0 Å². The van der Waals surface area contributed by atoms with E-state index in [0.717, 1.165) is 0 Å². The largest absolute Gasteiger partial charge is 0.261 e. The lowest BCUT2D eigenvalue weighted by Crippen LogP contribution is -1.98. The molecule has 0 N–H and O–H groups in total. The first-order valence-electron chi connectivity index (χ1n) is 3.56. The van der Waals surface area contributed by atoms with E-state index in [-0.39, 0.29) is 21.9 Å². The summed E-state index contributed by atoms with van der Waals surface area (Å²) in [5, 5.41) is 8.72. The van der Waals surface area contributed by atoms with E-state index in [0.29, 0.717) is 0 Å². The zero-order valence-electron chi connectivity index (χ0n) is 6.87. The number of halogens is 2. The lowest BCUT2D eigenvalue weighted by molar-refractivity contribution is 0.609. The molecule has 0 spiro atoms. The lowest BCUT2D eigenvalue weighted by Gasteiger charge is -2.04. The van der Waals surface area contributed by atoms with Crippen LogP contribution in [0.5, 0.6) is 0 Å². The fourth-order valence-corrected chi connectivity index (χ4v) is 2.47. The van der Waals surface area contributed by atoms with Gasteiger partial charge in [0.15, 0.2) is 0 Å². The molecule has 0 radical (unpaired) electrons. The van der Waals surface area contributed by atoms with Gasteiger partial charge in [-0.1, -0.05) is 17.7 Å². The molecule has 0 saturated carbocycles. The maximum atomic E-state index is 11.1. The van der Waals surface area contributed by atoms with Gasteiger partial charge in [-0.25, -0.2) is 8.42 Å². The van der Waals surface area contributed by atoms with Crippen molar-refractivity contribution in [1.29, 1.82) is 5.26 Å². The SMILES string of the molecule is N#CCc1c(Cl)cccc1S(=O)(=O)Cl. The van der Waals surface area contributed by atoms with E-state index >= 15 is 0 Å². The maximum Gasteiger partial charge on any atom is 0.261 e. The second-order valence-corrected chi connectivity index (χ2v) is 5.43. The van der Waals surface area contributed by atoms with Crippen molar-refractivity contribution in [2.45, 2.75) is 11.3 Å². The molecule has 1 rings (SSSR count). The average Bonchev–Trinajstić information content (AvgIpc) is 2.07. The number of benzene rings is 1. The summed E-state index contributed by atoms with van der Waals surface area (Å²) in [4.78, 5) is -0.104. The summed E-state index contributed by atoms with van der Waals surface area (Å²) in [6, 6.07) is 6.13. The van der Waals surface area contributed by atoms with Crippen molar-refractivity contribution in [3.05, 3.63) is 28.8 Å². The Hall–Kier alpha value is -0.760. The fourth-order valence-electron chi connectivity index (χ4n) is 1.02. The van der Waals surface area contributed by atoms with Crippen LogP contribution in [0.3, 0.4) is 0 Å². The van der Waals surface area contributed by atoms with Gasteiger partial charge in [-0.3, -0.25) is 0 Å². The molecule has 0 aliphatic carbocycles. The van der Waals surface area contributed by atoms with E-state index in [9.17, 15) is 8.42 Å². The van der Waals surface area contributed by atoms with Crippen molar-refractivity contribution in [3.63, 3.8) is 0 Å². The summed E-state index contributed by atoms with van der Waals surface area (Å²) in [7, 11) is 1.33. The van der Waals surface area contributed by atoms with Crippen molar-refractivity contribution in [1.82, 2.24) is 0 Å². The molecule has 0 bridgehead atoms. The molecule has 14 heavy (non-hydrogen) atoms. The van der Waals surface area contributed by atoms with Crippen molar-refractivity contribution in [2.24, 2.45) is 0 Å². The van der Waals surface area contributed by atoms with E-state index < -0.39 is 9.05 Å². The van der Waals surface area contributed by atoms with E-state index in [1.165, 1.54) is 18.2 Å². The second-order valence-electron chi connectivity index (χ2n) is 2.49. The standard InChI is InChI=1S/C8H5Cl2NO2S/c9-7-2-1-3-8(14(10,12)13)6(7)4-5-11/h1-3H,4H2. The third kappa shape index (κ3) is 2.38. The van der Waals surface area contributed by atoms with Gasteiger partial charge in [-0.15, -0.1) is 0 Å². The normalized spacial score (nSPS) is 10.9. The highest BCUT2D eigenvalue weighted by atomic mass is 35.7. The van der Waals surface area contributed by atoms with Gasteiger partial charge in [0.1, 0.15) is 0 Å². The van der Waals surface area contributed by atoms with Gasteiger partial charge in [0.05, 0.1) is 17.4 Å². The van der Waals surface area contributed by atoms with Crippen molar-refractivity contribution < 1.29 is 8.42 Å². The lowest BCUT2D eigenvalue weighted by atomic mass is 10.2. The van der Waals surface area contributed by atoms with E-state index in [4.69, 9.17) is 27.5 Å². The van der Waals surface area contributed by atoms with Crippen LogP contribution < -0.4 is 0 Å². The van der Waals surface area contributed by atoms with Crippen LogP contribution in [-0.2, 0) is 15.5 Å². The Bertz CT molecular complexity index is 491.